The minimum absolute atomic E-state index is 0.215. The van der Waals surface area contributed by atoms with E-state index in [0.29, 0.717) is 23.7 Å². The molecule has 0 bridgehead atoms. The van der Waals surface area contributed by atoms with Crippen molar-refractivity contribution in [1.82, 2.24) is 0 Å². The van der Waals surface area contributed by atoms with E-state index in [-0.39, 0.29) is 5.41 Å². The summed E-state index contributed by atoms with van der Waals surface area (Å²) in [6.07, 6.45) is 38.6. The first-order valence-corrected chi connectivity index (χ1v) is 19.6. The van der Waals surface area contributed by atoms with E-state index in [1.165, 1.54) is 44.9 Å². The first-order chi connectivity index (χ1) is 18.7. The van der Waals surface area contributed by atoms with E-state index in [4.69, 9.17) is 0 Å². The molecule has 39 heavy (non-hydrogen) atoms. The summed E-state index contributed by atoms with van der Waals surface area (Å²) >= 11 is 0. The summed E-state index contributed by atoms with van der Waals surface area (Å²) in [5, 5.41) is 0. The van der Waals surface area contributed by atoms with Crippen LogP contribution in [0.5, 0.6) is 0 Å². The molecule has 0 heterocycles. The fraction of sp³-hybridized carbons (Fsp3) is 0.632. The number of rotatable bonds is 10. The highest BCUT2D eigenvalue weighted by Gasteiger charge is 2.59. The Hall–Kier alpha value is -1.60. The third-order valence-corrected chi connectivity index (χ3v) is 16.5. The molecular formula is C38H56Si. The van der Waals surface area contributed by atoms with Crippen LogP contribution in [-0.2, 0) is 0 Å². The summed E-state index contributed by atoms with van der Waals surface area (Å²) in [5.41, 5.74) is 5.10. The second-order valence-electron chi connectivity index (χ2n) is 15.2. The molecule has 212 valence electrons. The molecule has 0 aromatic carbocycles. The van der Waals surface area contributed by atoms with Crippen LogP contribution in [0.25, 0.3) is 0 Å². The molecule has 0 aliphatic heterocycles. The van der Waals surface area contributed by atoms with Crippen molar-refractivity contribution in [1.29, 1.82) is 0 Å². The summed E-state index contributed by atoms with van der Waals surface area (Å²) in [5.74, 6) is 5.05. The van der Waals surface area contributed by atoms with Crippen LogP contribution in [0.1, 0.15) is 79.1 Å². The SMILES string of the molecule is C=CCCC1CC([Si](C)(C)C2C3C=C(CCCCCC)C=CC3C3C=CC(C(C)(C)C)=CC32)C2C=CC=CC12. The van der Waals surface area contributed by atoms with Gasteiger partial charge in [-0.3, -0.25) is 0 Å². The topological polar surface area (TPSA) is 0 Å². The minimum Gasteiger partial charge on any atom is -0.103 e. The molecule has 0 aromatic heterocycles. The fourth-order valence-corrected chi connectivity index (χ4v) is 14.8. The Morgan fingerprint density at radius 2 is 1.54 bits per heavy atom. The van der Waals surface area contributed by atoms with Gasteiger partial charge in [-0.15, -0.1) is 6.58 Å². The third kappa shape index (κ3) is 5.64. The maximum atomic E-state index is 4.06. The van der Waals surface area contributed by atoms with E-state index >= 15 is 0 Å². The molecule has 2 saturated carbocycles. The van der Waals surface area contributed by atoms with Crippen molar-refractivity contribution in [2.45, 2.75) is 103 Å². The van der Waals surface area contributed by atoms with E-state index in [1.807, 2.05) is 0 Å². The van der Waals surface area contributed by atoms with E-state index in [1.54, 1.807) is 11.1 Å². The Bertz CT molecular complexity index is 1070. The van der Waals surface area contributed by atoms with Gasteiger partial charge in [0.1, 0.15) is 0 Å². The second kappa shape index (κ2) is 11.7. The highest BCUT2D eigenvalue weighted by atomic mass is 28.3. The molecule has 0 saturated heterocycles. The minimum atomic E-state index is -1.67. The van der Waals surface area contributed by atoms with Crippen molar-refractivity contribution >= 4 is 8.07 Å². The molecule has 0 radical (unpaired) electrons. The van der Waals surface area contributed by atoms with Crippen LogP contribution >= 0.6 is 0 Å². The van der Waals surface area contributed by atoms with Crippen LogP contribution < -0.4 is 0 Å². The average molecular weight is 541 g/mol. The molecule has 0 nitrogen and oxygen atoms in total. The summed E-state index contributed by atoms with van der Waals surface area (Å²) < 4.78 is 0. The molecule has 0 aromatic rings. The number of unbranched alkanes of at least 4 members (excludes halogenated alkanes) is 3. The fourth-order valence-electron chi connectivity index (χ4n) is 9.47. The van der Waals surface area contributed by atoms with Crippen LogP contribution in [-0.4, -0.2) is 8.07 Å². The number of hydrogen-bond acceptors (Lipinski definition) is 0. The molecule has 5 aliphatic carbocycles. The lowest BCUT2D eigenvalue weighted by Crippen LogP contribution is -2.44. The van der Waals surface area contributed by atoms with Gasteiger partial charge < -0.3 is 0 Å². The van der Waals surface area contributed by atoms with Gasteiger partial charge in [0.05, 0.1) is 8.07 Å². The number of fused-ring (bicyclic) bond motifs is 4. The summed E-state index contributed by atoms with van der Waals surface area (Å²) in [4.78, 5) is 0. The number of hydrogen-bond donors (Lipinski definition) is 0. The van der Waals surface area contributed by atoms with E-state index < -0.39 is 8.07 Å². The molecule has 1 heteroatoms. The van der Waals surface area contributed by atoms with Gasteiger partial charge in [-0.25, -0.2) is 0 Å². The Morgan fingerprint density at radius 1 is 0.846 bits per heavy atom. The van der Waals surface area contributed by atoms with Crippen molar-refractivity contribution in [3.63, 3.8) is 0 Å². The summed E-state index contributed by atoms with van der Waals surface area (Å²) in [6.45, 7) is 19.2. The van der Waals surface area contributed by atoms with Gasteiger partial charge in [0.2, 0.25) is 0 Å². The molecule has 9 unspecified atom stereocenters. The van der Waals surface area contributed by atoms with Gasteiger partial charge in [-0.1, -0.05) is 132 Å². The Kier molecular flexibility index (Phi) is 8.68. The summed E-state index contributed by atoms with van der Waals surface area (Å²) in [6, 6.07) is 0. The zero-order chi connectivity index (χ0) is 27.8. The van der Waals surface area contributed by atoms with Crippen LogP contribution in [0.3, 0.4) is 0 Å². The molecule has 0 N–H and O–H groups in total. The standard InChI is InChI=1S/C38H56Si/c1-8-10-12-13-16-27-20-22-31-32-23-21-29(38(3,4)5)26-35(32)37(34(31)24-27)39(6,7)36-25-28(17-11-9-2)30-18-14-15-19-33(30)36/h9,14-15,18-24,26,28,30-37H,2,8,10-13,16-17,25H2,1,3-7H3. The van der Waals surface area contributed by atoms with E-state index in [2.05, 4.69) is 114 Å². The maximum Gasteiger partial charge on any atom is 0.0554 e. The monoisotopic (exact) mass is 540 g/mol. The van der Waals surface area contributed by atoms with Gasteiger partial charge in [0.25, 0.3) is 0 Å². The van der Waals surface area contributed by atoms with Gasteiger partial charge in [-0.2, -0.15) is 0 Å². The lowest BCUT2D eigenvalue weighted by atomic mass is 9.76. The molecule has 0 spiro atoms. The molecule has 5 aliphatic rings. The van der Waals surface area contributed by atoms with Crippen molar-refractivity contribution in [2.75, 3.05) is 0 Å². The molecule has 0 amide bonds. The third-order valence-electron chi connectivity index (χ3n) is 11.5. The molecular weight excluding hydrogens is 485 g/mol. The Balaban J connectivity index is 1.50. The van der Waals surface area contributed by atoms with Crippen molar-refractivity contribution in [3.8, 4) is 0 Å². The van der Waals surface area contributed by atoms with Crippen LogP contribution in [0.15, 0.2) is 84.6 Å². The lowest BCUT2D eigenvalue weighted by Gasteiger charge is -2.45. The Morgan fingerprint density at radius 3 is 2.23 bits per heavy atom. The van der Waals surface area contributed by atoms with E-state index in [0.717, 1.165) is 35.3 Å². The van der Waals surface area contributed by atoms with Gasteiger partial charge in [0.15, 0.2) is 0 Å². The van der Waals surface area contributed by atoms with E-state index in [9.17, 15) is 0 Å². The normalized spacial score (nSPS) is 36.8. The highest BCUT2D eigenvalue weighted by Crippen LogP contribution is 2.65. The average Bonchev–Trinajstić information content (AvgIpc) is 3.45. The van der Waals surface area contributed by atoms with Crippen LogP contribution in [0.2, 0.25) is 24.2 Å². The first kappa shape index (κ1) is 28.9. The zero-order valence-corrected chi connectivity index (χ0v) is 26.9. The van der Waals surface area contributed by atoms with Gasteiger partial charge in [0, 0.05) is 0 Å². The lowest BCUT2D eigenvalue weighted by molar-refractivity contribution is 0.396. The molecule has 2 fully saturated rings. The largest absolute Gasteiger partial charge is 0.103 e. The smallest absolute Gasteiger partial charge is 0.0554 e. The zero-order valence-electron chi connectivity index (χ0n) is 25.9. The predicted molar refractivity (Wildman–Crippen MR) is 174 cm³/mol. The number of allylic oxidation sites excluding steroid dienone is 13. The van der Waals surface area contributed by atoms with Crippen molar-refractivity contribution in [3.05, 3.63) is 84.6 Å². The molecule has 9 atom stereocenters. The Labute approximate surface area is 242 Å². The van der Waals surface area contributed by atoms with Crippen molar-refractivity contribution < 1.29 is 0 Å². The second-order valence-corrected chi connectivity index (χ2v) is 20.2. The highest BCUT2D eigenvalue weighted by molar-refractivity contribution is 6.80. The predicted octanol–water partition coefficient (Wildman–Crippen LogP) is 11.3. The maximum absolute atomic E-state index is 4.06. The molecule has 5 rings (SSSR count). The first-order valence-electron chi connectivity index (χ1n) is 16.4. The van der Waals surface area contributed by atoms with Crippen molar-refractivity contribution in [2.24, 2.45) is 46.8 Å². The van der Waals surface area contributed by atoms with Crippen LogP contribution in [0, 0.1) is 46.8 Å². The summed E-state index contributed by atoms with van der Waals surface area (Å²) in [7, 11) is -1.67. The van der Waals surface area contributed by atoms with Crippen LogP contribution in [0.4, 0.5) is 0 Å². The van der Waals surface area contributed by atoms with Gasteiger partial charge in [-0.05, 0) is 95.6 Å². The van der Waals surface area contributed by atoms with Gasteiger partial charge >= 0.3 is 0 Å². The quantitative estimate of drug-likeness (QED) is 0.147.